The van der Waals surface area contributed by atoms with Gasteiger partial charge in [-0.15, -0.1) is 0 Å². The summed E-state index contributed by atoms with van der Waals surface area (Å²) in [6.07, 6.45) is 6.96. The van der Waals surface area contributed by atoms with Crippen molar-refractivity contribution in [3.63, 3.8) is 0 Å². The molecule has 0 radical (unpaired) electrons. The van der Waals surface area contributed by atoms with E-state index in [1.165, 1.54) is 0 Å². The van der Waals surface area contributed by atoms with Gasteiger partial charge >= 0.3 is 6.03 Å². The van der Waals surface area contributed by atoms with Gasteiger partial charge in [0.1, 0.15) is 5.82 Å². The maximum absolute atomic E-state index is 12.5. The quantitative estimate of drug-likeness (QED) is 0.747. The van der Waals surface area contributed by atoms with Gasteiger partial charge in [0.2, 0.25) is 5.91 Å². The van der Waals surface area contributed by atoms with E-state index in [0.29, 0.717) is 18.9 Å². The molecule has 0 aliphatic carbocycles. The molecule has 1 unspecified atom stereocenters. The first-order valence-corrected chi connectivity index (χ1v) is 8.55. The number of likely N-dealkylation sites (tertiary alicyclic amines) is 1. The van der Waals surface area contributed by atoms with Gasteiger partial charge in [0.05, 0.1) is 12.6 Å². The zero-order valence-corrected chi connectivity index (χ0v) is 14.4. The summed E-state index contributed by atoms with van der Waals surface area (Å²) in [4.78, 5) is 34.3. The summed E-state index contributed by atoms with van der Waals surface area (Å²) in [6, 6.07) is 6.94. The maximum atomic E-state index is 12.5. The number of carbonyl (C=O) groups is 2. The Morgan fingerprint density at radius 1 is 1.23 bits per heavy atom. The second-order valence-corrected chi connectivity index (χ2v) is 6.16. The lowest BCUT2D eigenvalue weighted by Crippen LogP contribution is -2.43. The third kappa shape index (κ3) is 4.47. The minimum atomic E-state index is -0.396. The molecule has 8 heteroatoms. The molecule has 136 valence electrons. The predicted molar refractivity (Wildman–Crippen MR) is 96.8 cm³/mol. The molecule has 1 fully saturated rings. The minimum Gasteiger partial charge on any atom is -0.384 e. The number of nitrogens with zero attached hydrogens (tertiary/aromatic N) is 3. The van der Waals surface area contributed by atoms with Gasteiger partial charge in [-0.1, -0.05) is 12.1 Å². The van der Waals surface area contributed by atoms with E-state index in [1.54, 1.807) is 35.6 Å². The number of urea groups is 1. The number of rotatable bonds is 5. The first kappa shape index (κ1) is 17.7. The number of aromatic nitrogens is 2. The molecule has 3 amide bonds. The SMILES string of the molecule is Nc1ccc(CNC(=O)NCC(=O)N2CCCC2c2cccnc2)cn1. The van der Waals surface area contributed by atoms with Crippen LogP contribution in [0, 0.1) is 0 Å². The Bertz CT molecular complexity index is 750. The number of hydrogen-bond acceptors (Lipinski definition) is 5. The van der Waals surface area contributed by atoms with Gasteiger partial charge in [-0.25, -0.2) is 9.78 Å². The van der Waals surface area contributed by atoms with Crippen molar-refractivity contribution in [3.05, 3.63) is 54.0 Å². The van der Waals surface area contributed by atoms with Gasteiger partial charge in [-0.05, 0) is 36.1 Å². The number of nitrogens with one attached hydrogen (secondary N) is 2. The van der Waals surface area contributed by atoms with E-state index >= 15 is 0 Å². The van der Waals surface area contributed by atoms with Gasteiger partial charge in [-0.3, -0.25) is 9.78 Å². The zero-order chi connectivity index (χ0) is 18.4. The standard InChI is InChI=1S/C18H22N6O2/c19-16-6-5-13(9-21-16)10-22-18(26)23-12-17(25)24-8-2-4-15(24)14-3-1-7-20-11-14/h1,3,5-7,9,11,15H,2,4,8,10,12H2,(H2,19,21)(H2,22,23,26). The molecule has 3 heterocycles. The van der Waals surface area contributed by atoms with Crippen LogP contribution in [0.25, 0.3) is 0 Å². The lowest BCUT2D eigenvalue weighted by molar-refractivity contribution is -0.131. The highest BCUT2D eigenvalue weighted by molar-refractivity contribution is 5.84. The van der Waals surface area contributed by atoms with Crippen molar-refractivity contribution in [2.24, 2.45) is 0 Å². The van der Waals surface area contributed by atoms with Gasteiger partial charge in [0.15, 0.2) is 0 Å². The van der Waals surface area contributed by atoms with Crippen LogP contribution >= 0.6 is 0 Å². The van der Waals surface area contributed by atoms with Crippen molar-refractivity contribution in [2.45, 2.75) is 25.4 Å². The predicted octanol–water partition coefficient (Wildman–Crippen LogP) is 1.22. The Morgan fingerprint density at radius 2 is 2.12 bits per heavy atom. The third-order valence-corrected chi connectivity index (χ3v) is 4.34. The number of amides is 3. The molecule has 0 saturated carbocycles. The molecule has 8 nitrogen and oxygen atoms in total. The van der Waals surface area contributed by atoms with E-state index in [0.717, 1.165) is 24.0 Å². The molecular weight excluding hydrogens is 332 g/mol. The molecule has 0 aromatic carbocycles. The van der Waals surface area contributed by atoms with Crippen LogP contribution in [0.5, 0.6) is 0 Å². The lowest BCUT2D eigenvalue weighted by Gasteiger charge is -2.25. The molecule has 4 N–H and O–H groups in total. The van der Waals surface area contributed by atoms with E-state index in [1.807, 2.05) is 12.1 Å². The first-order valence-electron chi connectivity index (χ1n) is 8.55. The maximum Gasteiger partial charge on any atom is 0.315 e. The van der Waals surface area contributed by atoms with Crippen molar-refractivity contribution in [2.75, 3.05) is 18.8 Å². The molecule has 1 aliphatic rings. The third-order valence-electron chi connectivity index (χ3n) is 4.34. The Labute approximate surface area is 151 Å². The number of nitrogens with two attached hydrogens (primary N) is 1. The van der Waals surface area contributed by atoms with E-state index in [2.05, 4.69) is 20.6 Å². The molecule has 0 bridgehead atoms. The summed E-state index contributed by atoms with van der Waals surface area (Å²) >= 11 is 0. The normalized spacial score (nSPS) is 16.3. The summed E-state index contributed by atoms with van der Waals surface area (Å²) in [5.41, 5.74) is 7.38. The molecular formula is C18H22N6O2. The molecule has 26 heavy (non-hydrogen) atoms. The first-order chi connectivity index (χ1) is 12.6. The highest BCUT2D eigenvalue weighted by Crippen LogP contribution is 2.31. The second-order valence-electron chi connectivity index (χ2n) is 6.16. The molecule has 3 rings (SSSR count). The van der Waals surface area contributed by atoms with Gasteiger partial charge in [0, 0.05) is 31.7 Å². The molecule has 1 saturated heterocycles. The van der Waals surface area contributed by atoms with Crippen molar-refractivity contribution in [1.82, 2.24) is 25.5 Å². The van der Waals surface area contributed by atoms with E-state index < -0.39 is 6.03 Å². The largest absolute Gasteiger partial charge is 0.384 e. The van der Waals surface area contributed by atoms with Crippen LogP contribution in [0.2, 0.25) is 0 Å². The lowest BCUT2D eigenvalue weighted by atomic mass is 10.1. The molecule has 1 atom stereocenters. The van der Waals surface area contributed by atoms with Crippen LogP contribution in [0.3, 0.4) is 0 Å². The zero-order valence-electron chi connectivity index (χ0n) is 14.4. The van der Waals surface area contributed by atoms with E-state index in [4.69, 9.17) is 5.73 Å². The van der Waals surface area contributed by atoms with Crippen molar-refractivity contribution < 1.29 is 9.59 Å². The number of carbonyl (C=O) groups excluding carboxylic acids is 2. The highest BCUT2D eigenvalue weighted by atomic mass is 16.2. The number of anilines is 1. The number of nitrogen functional groups attached to an aromatic ring is 1. The smallest absolute Gasteiger partial charge is 0.315 e. The fourth-order valence-corrected chi connectivity index (χ4v) is 3.03. The van der Waals surface area contributed by atoms with Crippen molar-refractivity contribution in [1.29, 1.82) is 0 Å². The fourth-order valence-electron chi connectivity index (χ4n) is 3.03. The van der Waals surface area contributed by atoms with Gasteiger partial charge < -0.3 is 21.3 Å². The Hall–Kier alpha value is -3.16. The average molecular weight is 354 g/mol. The number of hydrogen-bond donors (Lipinski definition) is 3. The Kier molecular flexibility index (Phi) is 5.62. The highest BCUT2D eigenvalue weighted by Gasteiger charge is 2.29. The summed E-state index contributed by atoms with van der Waals surface area (Å²) in [7, 11) is 0. The minimum absolute atomic E-state index is 0.0295. The Balaban J connectivity index is 1.47. The summed E-state index contributed by atoms with van der Waals surface area (Å²) in [5.74, 6) is 0.332. The van der Waals surface area contributed by atoms with E-state index in [-0.39, 0.29) is 18.5 Å². The summed E-state index contributed by atoms with van der Waals surface area (Å²) in [5, 5.41) is 5.31. The Morgan fingerprint density at radius 3 is 2.85 bits per heavy atom. The van der Waals surface area contributed by atoms with Crippen LogP contribution in [0.15, 0.2) is 42.9 Å². The second kappa shape index (κ2) is 8.28. The van der Waals surface area contributed by atoms with Crippen LogP contribution in [0.1, 0.15) is 30.0 Å². The molecule has 2 aromatic heterocycles. The monoisotopic (exact) mass is 354 g/mol. The van der Waals surface area contributed by atoms with Crippen molar-refractivity contribution >= 4 is 17.8 Å². The molecule has 2 aromatic rings. The van der Waals surface area contributed by atoms with Crippen LogP contribution in [0.4, 0.5) is 10.6 Å². The summed E-state index contributed by atoms with van der Waals surface area (Å²) < 4.78 is 0. The number of pyridine rings is 2. The van der Waals surface area contributed by atoms with E-state index in [9.17, 15) is 9.59 Å². The van der Waals surface area contributed by atoms with Crippen LogP contribution in [-0.4, -0.2) is 39.9 Å². The van der Waals surface area contributed by atoms with Crippen LogP contribution in [-0.2, 0) is 11.3 Å². The van der Waals surface area contributed by atoms with Gasteiger partial charge in [0.25, 0.3) is 0 Å². The van der Waals surface area contributed by atoms with Crippen molar-refractivity contribution in [3.8, 4) is 0 Å². The molecule has 1 aliphatic heterocycles. The van der Waals surface area contributed by atoms with Crippen LogP contribution < -0.4 is 16.4 Å². The molecule has 0 spiro atoms. The fraction of sp³-hybridized carbons (Fsp3) is 0.333. The van der Waals surface area contributed by atoms with Gasteiger partial charge in [-0.2, -0.15) is 0 Å². The average Bonchev–Trinajstić information content (AvgIpc) is 3.16. The topological polar surface area (TPSA) is 113 Å². The summed E-state index contributed by atoms with van der Waals surface area (Å²) in [6.45, 7) is 0.969.